The third kappa shape index (κ3) is 3.58. The molecule has 0 radical (unpaired) electrons. The molecule has 1 aromatic rings. The van der Waals surface area contributed by atoms with Crippen molar-refractivity contribution in [1.82, 2.24) is 4.90 Å². The van der Waals surface area contributed by atoms with Crippen molar-refractivity contribution >= 4 is 11.9 Å². The number of carbonyl (C=O) groups excluding carboxylic acids is 1. The number of rotatable bonds is 4. The van der Waals surface area contributed by atoms with Gasteiger partial charge in [0, 0.05) is 24.7 Å². The first kappa shape index (κ1) is 15.4. The van der Waals surface area contributed by atoms with Gasteiger partial charge in [-0.05, 0) is 38.0 Å². The van der Waals surface area contributed by atoms with Crippen LogP contribution in [0.2, 0.25) is 0 Å². The largest absolute Gasteiger partial charge is 0.478 e. The number of benzene rings is 1. The van der Waals surface area contributed by atoms with Crippen LogP contribution in [-0.4, -0.2) is 34.5 Å². The zero-order valence-electron chi connectivity index (χ0n) is 11.9. The fourth-order valence-electron chi connectivity index (χ4n) is 2.68. The first-order valence-corrected chi connectivity index (χ1v) is 6.93. The van der Waals surface area contributed by atoms with Crippen LogP contribution >= 0.6 is 0 Å². The zero-order chi connectivity index (χ0) is 15.6. The number of primary amides is 1. The summed E-state index contributed by atoms with van der Waals surface area (Å²) in [6, 6.07) is 3.96. The van der Waals surface area contributed by atoms with E-state index >= 15 is 0 Å². The molecule has 0 bridgehead atoms. The van der Waals surface area contributed by atoms with E-state index in [0.717, 1.165) is 12.8 Å². The maximum absolute atomic E-state index is 13.9. The van der Waals surface area contributed by atoms with E-state index < -0.39 is 11.8 Å². The second-order valence-corrected chi connectivity index (χ2v) is 5.57. The zero-order valence-corrected chi connectivity index (χ0v) is 11.9. The molecule has 2 rings (SSSR count). The van der Waals surface area contributed by atoms with Gasteiger partial charge in [-0.2, -0.15) is 0 Å². The van der Waals surface area contributed by atoms with Gasteiger partial charge < -0.3 is 10.8 Å². The molecule has 1 aromatic carbocycles. The van der Waals surface area contributed by atoms with E-state index in [1.54, 1.807) is 0 Å². The number of carboxylic acids is 1. The number of amides is 1. The molecule has 1 amide bonds. The van der Waals surface area contributed by atoms with Crippen LogP contribution in [0.15, 0.2) is 18.2 Å². The number of aromatic carboxylic acids is 1. The Morgan fingerprint density at radius 1 is 1.43 bits per heavy atom. The van der Waals surface area contributed by atoms with E-state index in [2.05, 4.69) is 0 Å². The Bertz CT molecular complexity index is 562. The maximum Gasteiger partial charge on any atom is 0.335 e. The van der Waals surface area contributed by atoms with Gasteiger partial charge in [0.2, 0.25) is 5.91 Å². The number of nitrogens with two attached hydrogens (primary N) is 1. The molecule has 1 saturated heterocycles. The lowest BCUT2D eigenvalue weighted by Crippen LogP contribution is -2.45. The average Bonchev–Trinajstić information content (AvgIpc) is 2.43. The van der Waals surface area contributed by atoms with E-state index in [0.29, 0.717) is 12.1 Å². The lowest BCUT2D eigenvalue weighted by Gasteiger charge is -2.36. The van der Waals surface area contributed by atoms with Crippen molar-refractivity contribution in [3.05, 3.63) is 35.1 Å². The highest BCUT2D eigenvalue weighted by atomic mass is 19.1. The first-order valence-electron chi connectivity index (χ1n) is 6.93. The van der Waals surface area contributed by atoms with Gasteiger partial charge >= 0.3 is 5.97 Å². The van der Waals surface area contributed by atoms with Crippen LogP contribution in [0.5, 0.6) is 0 Å². The van der Waals surface area contributed by atoms with Crippen molar-refractivity contribution < 1.29 is 19.1 Å². The van der Waals surface area contributed by atoms with E-state index in [9.17, 15) is 14.0 Å². The molecule has 5 nitrogen and oxygen atoms in total. The van der Waals surface area contributed by atoms with Crippen LogP contribution in [0.3, 0.4) is 0 Å². The van der Waals surface area contributed by atoms with Gasteiger partial charge in [-0.15, -0.1) is 0 Å². The molecule has 2 unspecified atom stereocenters. The van der Waals surface area contributed by atoms with Gasteiger partial charge in [0.1, 0.15) is 5.82 Å². The smallest absolute Gasteiger partial charge is 0.335 e. The van der Waals surface area contributed by atoms with Crippen LogP contribution < -0.4 is 5.73 Å². The molecule has 3 N–H and O–H groups in total. The summed E-state index contributed by atoms with van der Waals surface area (Å²) in [7, 11) is 0. The van der Waals surface area contributed by atoms with E-state index in [4.69, 9.17) is 10.8 Å². The Morgan fingerprint density at radius 3 is 2.76 bits per heavy atom. The molecule has 6 heteroatoms. The Morgan fingerprint density at radius 2 is 2.14 bits per heavy atom. The minimum Gasteiger partial charge on any atom is -0.478 e. The second kappa shape index (κ2) is 6.22. The van der Waals surface area contributed by atoms with Crippen LogP contribution in [0.25, 0.3) is 0 Å². The quantitative estimate of drug-likeness (QED) is 0.883. The Balaban J connectivity index is 2.17. The number of piperidine rings is 1. The summed E-state index contributed by atoms with van der Waals surface area (Å²) in [4.78, 5) is 24.3. The van der Waals surface area contributed by atoms with Gasteiger partial charge in [-0.1, -0.05) is 0 Å². The van der Waals surface area contributed by atoms with Gasteiger partial charge in [-0.25, -0.2) is 9.18 Å². The summed E-state index contributed by atoms with van der Waals surface area (Å²) in [5.41, 5.74) is 5.73. The average molecular weight is 294 g/mol. The van der Waals surface area contributed by atoms with Crippen molar-refractivity contribution in [2.24, 2.45) is 11.7 Å². The van der Waals surface area contributed by atoms with Crippen molar-refractivity contribution in [2.45, 2.75) is 32.4 Å². The molecule has 0 aliphatic carbocycles. The minimum atomic E-state index is -1.09. The highest BCUT2D eigenvalue weighted by Gasteiger charge is 2.29. The number of hydrogen-bond donors (Lipinski definition) is 2. The summed E-state index contributed by atoms with van der Waals surface area (Å²) in [6.07, 6.45) is 1.55. The van der Waals surface area contributed by atoms with E-state index in [1.165, 1.54) is 18.2 Å². The van der Waals surface area contributed by atoms with Gasteiger partial charge in [-0.3, -0.25) is 9.69 Å². The highest BCUT2D eigenvalue weighted by molar-refractivity contribution is 5.87. The van der Waals surface area contributed by atoms with Crippen molar-refractivity contribution in [3.63, 3.8) is 0 Å². The van der Waals surface area contributed by atoms with Crippen LogP contribution in [-0.2, 0) is 11.3 Å². The van der Waals surface area contributed by atoms with Crippen LogP contribution in [0.1, 0.15) is 35.7 Å². The lowest BCUT2D eigenvalue weighted by molar-refractivity contribution is -0.124. The molecule has 114 valence electrons. The van der Waals surface area contributed by atoms with E-state index in [1.807, 2.05) is 11.8 Å². The highest BCUT2D eigenvalue weighted by Crippen LogP contribution is 2.24. The molecule has 21 heavy (non-hydrogen) atoms. The number of carboxylic acid groups (broad SMARTS) is 1. The molecule has 1 heterocycles. The lowest BCUT2D eigenvalue weighted by atomic mass is 9.92. The Hall–Kier alpha value is -1.95. The fraction of sp³-hybridized carbons (Fsp3) is 0.467. The van der Waals surface area contributed by atoms with Crippen molar-refractivity contribution in [3.8, 4) is 0 Å². The molecular formula is C15H19FN2O3. The third-order valence-electron chi connectivity index (χ3n) is 4.08. The van der Waals surface area contributed by atoms with Gasteiger partial charge in [0.25, 0.3) is 0 Å². The first-order chi connectivity index (χ1) is 9.88. The molecule has 1 aliphatic heterocycles. The molecule has 0 aromatic heterocycles. The number of carbonyl (C=O) groups is 2. The molecular weight excluding hydrogens is 275 g/mol. The molecule has 0 spiro atoms. The van der Waals surface area contributed by atoms with Crippen molar-refractivity contribution in [2.75, 3.05) is 6.54 Å². The molecule has 2 atom stereocenters. The number of halogens is 1. The van der Waals surface area contributed by atoms with Crippen LogP contribution in [0, 0.1) is 11.7 Å². The summed E-state index contributed by atoms with van der Waals surface area (Å²) < 4.78 is 13.9. The fourth-order valence-corrected chi connectivity index (χ4v) is 2.68. The number of likely N-dealkylation sites (tertiary alicyclic amines) is 1. The van der Waals surface area contributed by atoms with Gasteiger partial charge in [0.05, 0.1) is 11.5 Å². The Kier molecular flexibility index (Phi) is 4.57. The summed E-state index contributed by atoms with van der Waals surface area (Å²) in [5, 5.41) is 8.98. The maximum atomic E-state index is 13.9. The normalized spacial score (nSPS) is 23.0. The molecule has 1 aliphatic rings. The number of nitrogens with zero attached hydrogens (tertiary/aromatic N) is 1. The monoisotopic (exact) mass is 294 g/mol. The predicted molar refractivity (Wildman–Crippen MR) is 75.1 cm³/mol. The summed E-state index contributed by atoms with van der Waals surface area (Å²) >= 11 is 0. The number of hydrogen-bond acceptors (Lipinski definition) is 3. The van der Waals surface area contributed by atoms with Gasteiger partial charge in [0.15, 0.2) is 0 Å². The van der Waals surface area contributed by atoms with Crippen molar-refractivity contribution in [1.29, 1.82) is 0 Å². The SMILES string of the molecule is CC1CCC(C(N)=O)CN1Cc1cc(C(=O)O)ccc1F. The summed E-state index contributed by atoms with van der Waals surface area (Å²) in [6.45, 7) is 2.77. The summed E-state index contributed by atoms with van der Waals surface area (Å²) in [5.74, 6) is -2.09. The van der Waals surface area contributed by atoms with E-state index in [-0.39, 0.29) is 30.0 Å². The molecule has 1 fully saturated rings. The predicted octanol–water partition coefficient (Wildman–Crippen LogP) is 1.61. The third-order valence-corrected chi connectivity index (χ3v) is 4.08. The molecule has 0 saturated carbocycles. The topological polar surface area (TPSA) is 83.6 Å². The minimum absolute atomic E-state index is 0.0579. The Labute approximate surface area is 122 Å². The van der Waals surface area contributed by atoms with Crippen LogP contribution in [0.4, 0.5) is 4.39 Å². The second-order valence-electron chi connectivity index (χ2n) is 5.57. The standard InChI is InChI=1S/C15H19FN2O3/c1-9-2-3-11(14(17)19)7-18(9)8-12-6-10(15(20)21)4-5-13(12)16/h4-6,9,11H,2-3,7-8H2,1H3,(H2,17,19)(H,20,21).